The molecule has 82 valence electrons. The molecule has 0 saturated heterocycles. The molecule has 0 aromatic heterocycles. The average molecular weight is 374 g/mol. The number of hydrogen-bond acceptors (Lipinski definition) is 1. The third-order valence-corrected chi connectivity index (χ3v) is 3.42. The van der Waals surface area contributed by atoms with Gasteiger partial charge in [-0.05, 0) is 0 Å². The molecule has 0 saturated carbocycles. The van der Waals surface area contributed by atoms with E-state index in [4.69, 9.17) is 0 Å². The molecule has 1 rings (SSSR count). The van der Waals surface area contributed by atoms with Gasteiger partial charge in [0.25, 0.3) is 0 Å². The predicted molar refractivity (Wildman–Crippen MR) is 57.7 cm³/mol. The Kier molecular flexibility index (Phi) is 4.66. The zero-order valence-corrected chi connectivity index (χ0v) is 12.3. The van der Waals surface area contributed by atoms with Crippen molar-refractivity contribution in [2.45, 2.75) is 26.7 Å². The van der Waals surface area contributed by atoms with E-state index in [2.05, 4.69) is 30.5 Å². The van der Waals surface area contributed by atoms with E-state index in [9.17, 15) is 4.79 Å². The Bertz CT molecular complexity index is 329. The van der Waals surface area contributed by atoms with E-state index in [0.29, 0.717) is 12.3 Å². The van der Waals surface area contributed by atoms with Gasteiger partial charge in [-0.2, -0.15) is 0 Å². The average Bonchev–Trinajstić information content (AvgIpc) is 2.19. The van der Waals surface area contributed by atoms with Gasteiger partial charge in [0.15, 0.2) is 0 Å². The van der Waals surface area contributed by atoms with Crippen LogP contribution in [0.25, 0.3) is 0 Å². The van der Waals surface area contributed by atoms with Crippen LogP contribution in [-0.2, 0) is 24.1 Å². The van der Waals surface area contributed by atoms with Gasteiger partial charge in [0, 0.05) is 0 Å². The summed E-state index contributed by atoms with van der Waals surface area (Å²) in [7, 11) is 1.77. The van der Waals surface area contributed by atoms with Gasteiger partial charge in [-0.1, -0.05) is 0 Å². The summed E-state index contributed by atoms with van der Waals surface area (Å²) in [6.07, 6.45) is 6.70. The monoisotopic (exact) mass is 374 g/mol. The Morgan fingerprint density at radius 1 is 1.53 bits per heavy atom. The number of nitrogens with zero attached hydrogens (tertiary/aromatic N) is 1. The van der Waals surface area contributed by atoms with E-state index in [0.717, 1.165) is 12.0 Å². The van der Waals surface area contributed by atoms with Gasteiger partial charge in [-0.15, -0.1) is 0 Å². The minimum atomic E-state index is 0.157. The molecule has 0 aromatic carbocycles. The van der Waals surface area contributed by atoms with Crippen molar-refractivity contribution in [1.29, 1.82) is 0 Å². The molecule has 0 bridgehead atoms. The molecule has 1 heterocycles. The third-order valence-electron chi connectivity index (χ3n) is 2.44. The van der Waals surface area contributed by atoms with Crippen molar-refractivity contribution in [3.63, 3.8) is 0 Å². The summed E-state index contributed by atoms with van der Waals surface area (Å²) in [6, 6.07) is 0. The quantitative estimate of drug-likeness (QED) is 0.691. The summed E-state index contributed by atoms with van der Waals surface area (Å²) in [4.78, 5) is 12.8. The molecule has 15 heavy (non-hydrogen) atoms. The molecule has 0 atom stereocenters. The van der Waals surface area contributed by atoms with Crippen LogP contribution in [0, 0.1) is 12.1 Å². The second-order valence-electron chi connectivity index (χ2n) is 4.01. The summed E-state index contributed by atoms with van der Waals surface area (Å²) < 4.78 is 2.20. The van der Waals surface area contributed by atoms with Crippen LogP contribution < -0.4 is 0 Å². The van der Waals surface area contributed by atoms with Crippen molar-refractivity contribution in [1.82, 2.24) is 4.90 Å². The van der Waals surface area contributed by atoms with Crippen LogP contribution in [0.4, 0.5) is 0 Å². The predicted octanol–water partition coefficient (Wildman–Crippen LogP) is 1.86. The second kappa shape index (κ2) is 5.55. The Balaban J connectivity index is 2.86. The molecule has 1 amide bonds. The van der Waals surface area contributed by atoms with Gasteiger partial charge in [0.05, 0.1) is 0 Å². The van der Waals surface area contributed by atoms with Crippen LogP contribution in [0.5, 0.6) is 0 Å². The van der Waals surface area contributed by atoms with Gasteiger partial charge < -0.3 is 0 Å². The van der Waals surface area contributed by atoms with E-state index in [-0.39, 0.29) is 5.91 Å². The molecule has 1 aliphatic heterocycles. The molecule has 2 nitrogen and oxygen atoms in total. The minimum absolute atomic E-state index is 0.157. The van der Waals surface area contributed by atoms with Gasteiger partial charge in [-0.3, -0.25) is 0 Å². The molecule has 0 unspecified atom stereocenters. The fourth-order valence-electron chi connectivity index (χ4n) is 1.39. The topological polar surface area (TPSA) is 20.3 Å². The summed E-state index contributed by atoms with van der Waals surface area (Å²) in [6.45, 7) is 4.37. The Morgan fingerprint density at radius 3 is 2.67 bits per heavy atom. The molecule has 0 N–H and O–H groups in total. The second-order valence-corrected chi connectivity index (χ2v) is 4.85. The van der Waals surface area contributed by atoms with E-state index in [1.54, 1.807) is 11.9 Å². The summed E-state index contributed by atoms with van der Waals surface area (Å²) >= 11 is 1.46. The van der Waals surface area contributed by atoms with Crippen LogP contribution >= 0.6 is 0 Å². The van der Waals surface area contributed by atoms with Crippen molar-refractivity contribution in [3.05, 3.63) is 23.4 Å². The van der Waals surface area contributed by atoms with Crippen LogP contribution in [-0.4, -0.2) is 22.3 Å². The van der Waals surface area contributed by atoms with E-state index in [1.165, 1.54) is 24.9 Å². The van der Waals surface area contributed by atoms with Crippen molar-refractivity contribution in [2.24, 2.45) is 5.92 Å². The van der Waals surface area contributed by atoms with Crippen molar-refractivity contribution in [2.75, 3.05) is 7.05 Å². The molecule has 3 heteroatoms. The van der Waals surface area contributed by atoms with Crippen molar-refractivity contribution >= 4 is 10.3 Å². The Morgan fingerprint density at radius 2 is 2.20 bits per heavy atom. The SMILES string of the molecule is CC(C)/C([CH]=[W])=C/C1=[C-]N(C)C(=O)CC1. The Labute approximate surface area is 102 Å². The van der Waals surface area contributed by atoms with Crippen LogP contribution in [0.1, 0.15) is 26.7 Å². The zero-order chi connectivity index (χ0) is 11.4. The third kappa shape index (κ3) is 3.53. The van der Waals surface area contributed by atoms with Gasteiger partial charge in [-0.25, -0.2) is 0 Å². The molecule has 0 radical (unpaired) electrons. The van der Waals surface area contributed by atoms with Gasteiger partial charge >= 0.3 is 102 Å². The van der Waals surface area contributed by atoms with Crippen molar-refractivity contribution < 1.29 is 24.1 Å². The fraction of sp³-hybridized carbons (Fsp3) is 0.500. The number of allylic oxidation sites excluding steroid dienone is 3. The first kappa shape index (κ1) is 12.6. The first-order valence-electron chi connectivity index (χ1n) is 5.10. The van der Waals surface area contributed by atoms with Crippen molar-refractivity contribution in [3.8, 4) is 0 Å². The number of hydrogen-bond donors (Lipinski definition) is 0. The molecular weight excluding hydrogens is 358 g/mol. The van der Waals surface area contributed by atoms with Gasteiger partial charge in [0.2, 0.25) is 0 Å². The van der Waals surface area contributed by atoms with E-state index >= 15 is 0 Å². The summed E-state index contributed by atoms with van der Waals surface area (Å²) in [5.74, 6) is 0.698. The fourth-order valence-corrected chi connectivity index (χ4v) is 2.61. The number of carbonyl (C=O) groups excluding carboxylic acids is 1. The van der Waals surface area contributed by atoms with Crippen LogP contribution in [0.2, 0.25) is 0 Å². The maximum atomic E-state index is 11.3. The van der Waals surface area contributed by atoms with Crippen LogP contribution in [0.3, 0.4) is 0 Å². The molecule has 0 fully saturated rings. The van der Waals surface area contributed by atoms with Crippen LogP contribution in [0.15, 0.2) is 17.2 Å². The molecule has 0 aromatic rings. The number of carbonyl (C=O) groups is 1. The van der Waals surface area contributed by atoms with E-state index < -0.39 is 0 Å². The summed E-state index contributed by atoms with van der Waals surface area (Å²) in [5.41, 5.74) is 2.48. The molecular formula is C12H16NOW-. The first-order valence-corrected chi connectivity index (χ1v) is 6.79. The Hall–Kier alpha value is -0.492. The number of amides is 1. The summed E-state index contributed by atoms with van der Waals surface area (Å²) in [5, 5.41) is 0. The molecule has 0 spiro atoms. The normalized spacial score (nSPS) is 18.1. The first-order chi connectivity index (χ1) is 7.04. The van der Waals surface area contributed by atoms with E-state index in [1.807, 2.05) is 0 Å². The number of rotatable bonds is 3. The maximum absolute atomic E-state index is 11.3. The zero-order valence-electron chi connectivity index (χ0n) is 9.41. The standard InChI is InChI=1S/C12H16NO.W/c1-9(2)10(3)7-11-5-6-12(14)13(4)8-11;/h3,7,9H,5-6H2,1-2,4H3;/q-1;/b10-7+;. The molecule has 1 aliphatic rings. The molecule has 0 aliphatic carbocycles. The van der Waals surface area contributed by atoms with Gasteiger partial charge in [0.1, 0.15) is 0 Å².